The minimum absolute atomic E-state index is 0.208. The van der Waals surface area contributed by atoms with Crippen molar-refractivity contribution in [2.45, 2.75) is 33.2 Å². The average Bonchev–Trinajstić information content (AvgIpc) is 2.47. The van der Waals surface area contributed by atoms with E-state index in [1.807, 2.05) is 13.1 Å². The molecule has 1 unspecified atom stereocenters. The molecule has 0 fully saturated rings. The van der Waals surface area contributed by atoms with Gasteiger partial charge in [0.15, 0.2) is 0 Å². The van der Waals surface area contributed by atoms with E-state index in [0.717, 1.165) is 23.9 Å². The predicted octanol–water partition coefficient (Wildman–Crippen LogP) is 3.56. The number of nitrogens with one attached hydrogen (secondary N) is 2. The Morgan fingerprint density at radius 2 is 1.75 bits per heavy atom. The lowest BCUT2D eigenvalue weighted by Crippen LogP contribution is -2.10. The van der Waals surface area contributed by atoms with Crippen LogP contribution in [0, 0.1) is 6.92 Å². The standard InChI is InChI=1S/C16H22N4/c1-5-14-19-15(17-4)10-16(20-14)18-12(3)13-8-6-11(2)7-9-13/h6-10,12H,5H2,1-4H3,(H2,17,18,19,20). The van der Waals surface area contributed by atoms with Gasteiger partial charge < -0.3 is 10.6 Å². The summed E-state index contributed by atoms with van der Waals surface area (Å²) in [7, 11) is 1.87. The molecule has 0 radical (unpaired) electrons. The molecule has 0 aliphatic rings. The van der Waals surface area contributed by atoms with Gasteiger partial charge >= 0.3 is 0 Å². The number of aromatic nitrogens is 2. The van der Waals surface area contributed by atoms with Crippen molar-refractivity contribution in [3.8, 4) is 0 Å². The van der Waals surface area contributed by atoms with Crippen LogP contribution in [0.2, 0.25) is 0 Å². The second-order valence-electron chi connectivity index (χ2n) is 4.93. The van der Waals surface area contributed by atoms with Gasteiger partial charge in [-0.15, -0.1) is 0 Å². The maximum atomic E-state index is 4.52. The number of hydrogen-bond donors (Lipinski definition) is 2. The van der Waals surface area contributed by atoms with Gasteiger partial charge in [-0.2, -0.15) is 0 Å². The van der Waals surface area contributed by atoms with Crippen LogP contribution in [0.4, 0.5) is 11.6 Å². The Morgan fingerprint density at radius 3 is 2.35 bits per heavy atom. The van der Waals surface area contributed by atoms with Gasteiger partial charge in [-0.25, -0.2) is 9.97 Å². The Labute approximate surface area is 120 Å². The molecule has 2 aromatic rings. The van der Waals surface area contributed by atoms with Crippen molar-refractivity contribution in [3.05, 3.63) is 47.3 Å². The minimum atomic E-state index is 0.208. The number of nitrogens with zero attached hydrogens (tertiary/aromatic N) is 2. The number of benzene rings is 1. The molecule has 1 heterocycles. The van der Waals surface area contributed by atoms with E-state index >= 15 is 0 Å². The number of hydrogen-bond acceptors (Lipinski definition) is 4. The largest absolute Gasteiger partial charge is 0.373 e. The molecular weight excluding hydrogens is 248 g/mol. The van der Waals surface area contributed by atoms with Crippen LogP contribution >= 0.6 is 0 Å². The fourth-order valence-corrected chi connectivity index (χ4v) is 2.02. The summed E-state index contributed by atoms with van der Waals surface area (Å²) in [6.45, 7) is 6.29. The van der Waals surface area contributed by atoms with Crippen LogP contribution < -0.4 is 10.6 Å². The zero-order valence-electron chi connectivity index (χ0n) is 12.6. The van der Waals surface area contributed by atoms with Gasteiger partial charge in [0, 0.05) is 25.6 Å². The zero-order valence-corrected chi connectivity index (χ0v) is 12.6. The van der Waals surface area contributed by atoms with E-state index < -0.39 is 0 Å². The minimum Gasteiger partial charge on any atom is -0.373 e. The van der Waals surface area contributed by atoms with E-state index in [9.17, 15) is 0 Å². The predicted molar refractivity (Wildman–Crippen MR) is 84.2 cm³/mol. The highest BCUT2D eigenvalue weighted by Crippen LogP contribution is 2.20. The third kappa shape index (κ3) is 3.47. The molecule has 0 saturated heterocycles. The lowest BCUT2D eigenvalue weighted by atomic mass is 10.1. The highest BCUT2D eigenvalue weighted by Gasteiger charge is 2.08. The van der Waals surface area contributed by atoms with Crippen molar-refractivity contribution in [1.29, 1.82) is 0 Å². The molecule has 106 valence electrons. The number of anilines is 2. The summed E-state index contributed by atoms with van der Waals surface area (Å²) in [6.07, 6.45) is 0.823. The Hall–Kier alpha value is -2.10. The van der Waals surface area contributed by atoms with E-state index in [1.54, 1.807) is 0 Å². The second-order valence-corrected chi connectivity index (χ2v) is 4.93. The normalized spacial score (nSPS) is 12.0. The summed E-state index contributed by atoms with van der Waals surface area (Å²) in [5, 5.41) is 6.51. The molecule has 2 N–H and O–H groups in total. The average molecular weight is 270 g/mol. The van der Waals surface area contributed by atoms with Crippen molar-refractivity contribution in [2.75, 3.05) is 17.7 Å². The molecule has 0 bridgehead atoms. The molecule has 1 atom stereocenters. The first-order valence-electron chi connectivity index (χ1n) is 7.01. The van der Waals surface area contributed by atoms with Gasteiger partial charge in [-0.1, -0.05) is 36.8 Å². The monoisotopic (exact) mass is 270 g/mol. The van der Waals surface area contributed by atoms with Gasteiger partial charge in [-0.05, 0) is 19.4 Å². The molecule has 0 saturated carbocycles. The van der Waals surface area contributed by atoms with Crippen LogP contribution in [0.25, 0.3) is 0 Å². The molecule has 20 heavy (non-hydrogen) atoms. The lowest BCUT2D eigenvalue weighted by Gasteiger charge is -2.16. The third-order valence-corrected chi connectivity index (χ3v) is 3.29. The van der Waals surface area contributed by atoms with E-state index in [1.165, 1.54) is 11.1 Å². The molecular formula is C16H22N4. The molecule has 1 aromatic heterocycles. The smallest absolute Gasteiger partial charge is 0.132 e. The molecule has 0 aliphatic carbocycles. The van der Waals surface area contributed by atoms with Gasteiger partial charge in [0.05, 0.1) is 0 Å². The van der Waals surface area contributed by atoms with E-state index in [2.05, 4.69) is 65.6 Å². The highest BCUT2D eigenvalue weighted by molar-refractivity contribution is 5.48. The number of aryl methyl sites for hydroxylation is 2. The topological polar surface area (TPSA) is 49.8 Å². The first-order chi connectivity index (χ1) is 9.62. The molecule has 4 heteroatoms. The summed E-state index contributed by atoms with van der Waals surface area (Å²) in [5.41, 5.74) is 2.52. The van der Waals surface area contributed by atoms with E-state index in [4.69, 9.17) is 0 Å². The first kappa shape index (κ1) is 14.3. The van der Waals surface area contributed by atoms with Crippen molar-refractivity contribution < 1.29 is 0 Å². The summed E-state index contributed by atoms with van der Waals surface area (Å²) in [6, 6.07) is 10.7. The Balaban J connectivity index is 2.18. The molecule has 0 spiro atoms. The number of rotatable bonds is 5. The van der Waals surface area contributed by atoms with Crippen LogP contribution in [-0.4, -0.2) is 17.0 Å². The van der Waals surface area contributed by atoms with Gasteiger partial charge in [0.1, 0.15) is 17.5 Å². The van der Waals surface area contributed by atoms with Crippen molar-refractivity contribution >= 4 is 11.6 Å². The van der Waals surface area contributed by atoms with Gasteiger partial charge in [0.25, 0.3) is 0 Å². The van der Waals surface area contributed by atoms with Crippen LogP contribution in [0.15, 0.2) is 30.3 Å². The van der Waals surface area contributed by atoms with Crippen LogP contribution in [0.1, 0.15) is 36.8 Å². The van der Waals surface area contributed by atoms with Crippen molar-refractivity contribution in [2.24, 2.45) is 0 Å². The molecule has 0 amide bonds. The van der Waals surface area contributed by atoms with Crippen LogP contribution in [-0.2, 0) is 6.42 Å². The molecule has 4 nitrogen and oxygen atoms in total. The highest BCUT2D eigenvalue weighted by atomic mass is 15.1. The Bertz CT molecular complexity index is 541. The SMILES string of the molecule is CCc1nc(NC)cc(NC(C)c2ccc(C)cc2)n1. The van der Waals surface area contributed by atoms with Gasteiger partial charge in [-0.3, -0.25) is 0 Å². The van der Waals surface area contributed by atoms with E-state index in [-0.39, 0.29) is 6.04 Å². The Morgan fingerprint density at radius 1 is 1.10 bits per heavy atom. The fraction of sp³-hybridized carbons (Fsp3) is 0.375. The lowest BCUT2D eigenvalue weighted by molar-refractivity contribution is 0.857. The summed E-state index contributed by atoms with van der Waals surface area (Å²) in [4.78, 5) is 8.92. The summed E-state index contributed by atoms with van der Waals surface area (Å²) >= 11 is 0. The van der Waals surface area contributed by atoms with Gasteiger partial charge in [0.2, 0.25) is 0 Å². The third-order valence-electron chi connectivity index (χ3n) is 3.29. The molecule has 0 aliphatic heterocycles. The van der Waals surface area contributed by atoms with Crippen molar-refractivity contribution in [3.63, 3.8) is 0 Å². The molecule has 2 rings (SSSR count). The Kier molecular flexibility index (Phi) is 4.56. The van der Waals surface area contributed by atoms with E-state index in [0.29, 0.717) is 0 Å². The quantitative estimate of drug-likeness (QED) is 0.872. The fourth-order valence-electron chi connectivity index (χ4n) is 2.02. The summed E-state index contributed by atoms with van der Waals surface area (Å²) in [5.74, 6) is 2.54. The van der Waals surface area contributed by atoms with Crippen LogP contribution in [0.5, 0.6) is 0 Å². The second kappa shape index (κ2) is 6.37. The maximum Gasteiger partial charge on any atom is 0.132 e. The summed E-state index contributed by atoms with van der Waals surface area (Å²) < 4.78 is 0. The molecule has 1 aromatic carbocycles. The zero-order chi connectivity index (χ0) is 14.5. The maximum absolute atomic E-state index is 4.52. The first-order valence-corrected chi connectivity index (χ1v) is 7.01. The van der Waals surface area contributed by atoms with Crippen LogP contribution in [0.3, 0.4) is 0 Å². The van der Waals surface area contributed by atoms with Crippen molar-refractivity contribution in [1.82, 2.24) is 9.97 Å².